The average Bonchev–Trinajstić information content (AvgIpc) is 3.23. The summed E-state index contributed by atoms with van der Waals surface area (Å²) in [6.45, 7) is 1.26. The number of nitrogens with two attached hydrogens (primary N) is 1. The normalized spacial score (nSPS) is 18.1. The number of hydrogen-bond donors (Lipinski definition) is 2. The number of likely N-dealkylation sites (tertiary alicyclic amines) is 1. The van der Waals surface area contributed by atoms with Gasteiger partial charge in [-0.2, -0.15) is 0 Å². The predicted octanol–water partition coefficient (Wildman–Crippen LogP) is 1.02. The van der Waals surface area contributed by atoms with Gasteiger partial charge in [-0.05, 0) is 12.0 Å². The lowest BCUT2D eigenvalue weighted by Gasteiger charge is -2.24. The Balaban J connectivity index is 1.70. The number of benzene rings is 1. The van der Waals surface area contributed by atoms with Crippen LogP contribution in [-0.4, -0.2) is 45.5 Å². The fourth-order valence-electron chi connectivity index (χ4n) is 3.38. The molecule has 1 aliphatic rings. The summed E-state index contributed by atoms with van der Waals surface area (Å²) in [5.74, 6) is 1.10. The number of rotatable bonds is 5. The van der Waals surface area contributed by atoms with Gasteiger partial charge in [-0.3, -0.25) is 4.79 Å². The lowest BCUT2D eigenvalue weighted by molar-refractivity contribution is -0.132. The van der Waals surface area contributed by atoms with Crippen LogP contribution in [0.1, 0.15) is 23.7 Å². The summed E-state index contributed by atoms with van der Waals surface area (Å²) in [7, 11) is 1.96. The van der Waals surface area contributed by atoms with E-state index in [0.29, 0.717) is 19.5 Å². The summed E-state index contributed by atoms with van der Waals surface area (Å²) in [6, 6.07) is 8.27. The van der Waals surface area contributed by atoms with Gasteiger partial charge in [0.25, 0.3) is 0 Å². The molecule has 0 bridgehead atoms. The third kappa shape index (κ3) is 3.99. The molecule has 0 saturated carbocycles. The largest absolute Gasteiger partial charge is 0.352 e. The molecule has 2 unspecified atom stereocenters. The minimum Gasteiger partial charge on any atom is -0.352 e. The summed E-state index contributed by atoms with van der Waals surface area (Å²) in [6.07, 6.45) is 4.97. The molecule has 0 aliphatic carbocycles. The average molecular weight is 341 g/mol. The Kier molecular flexibility index (Phi) is 5.02. The molecule has 0 spiro atoms. The lowest BCUT2D eigenvalue weighted by Crippen LogP contribution is -2.50. The summed E-state index contributed by atoms with van der Waals surface area (Å²) < 4.78 is 1.99. The third-order valence-corrected chi connectivity index (χ3v) is 4.62. The topological polar surface area (TPSA) is 93.2 Å². The van der Waals surface area contributed by atoms with Crippen LogP contribution in [0, 0.1) is 0 Å². The van der Waals surface area contributed by atoms with Crippen LogP contribution in [0.2, 0.25) is 0 Å². The molecule has 3 rings (SSSR count). The van der Waals surface area contributed by atoms with Gasteiger partial charge in [-0.15, -0.1) is 0 Å². The van der Waals surface area contributed by atoms with Crippen molar-refractivity contribution in [3.8, 4) is 0 Å². The van der Waals surface area contributed by atoms with Crippen LogP contribution in [0.5, 0.6) is 0 Å². The Morgan fingerprint density at radius 3 is 2.76 bits per heavy atom. The monoisotopic (exact) mass is 341 g/mol. The Hall–Kier alpha value is -2.83. The van der Waals surface area contributed by atoms with Crippen LogP contribution in [0.15, 0.2) is 42.7 Å². The van der Waals surface area contributed by atoms with Crippen LogP contribution in [0.25, 0.3) is 0 Å². The molecule has 25 heavy (non-hydrogen) atoms. The molecule has 2 atom stereocenters. The zero-order chi connectivity index (χ0) is 17.8. The van der Waals surface area contributed by atoms with Crippen molar-refractivity contribution in [3.05, 3.63) is 54.1 Å². The van der Waals surface area contributed by atoms with E-state index in [9.17, 15) is 9.59 Å². The van der Waals surface area contributed by atoms with Gasteiger partial charge in [0, 0.05) is 44.9 Å². The van der Waals surface area contributed by atoms with Crippen LogP contribution in [-0.2, 0) is 18.3 Å². The number of nitrogens with one attached hydrogen (secondary N) is 1. The van der Waals surface area contributed by atoms with E-state index in [1.165, 1.54) is 0 Å². The van der Waals surface area contributed by atoms with Crippen molar-refractivity contribution >= 4 is 11.9 Å². The summed E-state index contributed by atoms with van der Waals surface area (Å²) >= 11 is 0. The molecule has 2 aromatic rings. The molecule has 3 amide bonds. The van der Waals surface area contributed by atoms with Crippen molar-refractivity contribution in [2.24, 2.45) is 12.8 Å². The minimum absolute atomic E-state index is 0.0978. The fraction of sp³-hybridized carbons (Fsp3) is 0.389. The highest BCUT2D eigenvalue weighted by molar-refractivity contribution is 5.87. The third-order valence-electron chi connectivity index (χ3n) is 4.62. The van der Waals surface area contributed by atoms with Crippen molar-refractivity contribution in [1.82, 2.24) is 19.8 Å². The van der Waals surface area contributed by atoms with E-state index in [0.717, 1.165) is 17.8 Å². The highest BCUT2D eigenvalue weighted by Gasteiger charge is 2.33. The second kappa shape index (κ2) is 7.38. The first-order chi connectivity index (χ1) is 12.0. The molecule has 1 aromatic heterocycles. The van der Waals surface area contributed by atoms with Crippen LogP contribution in [0.4, 0.5) is 4.79 Å². The van der Waals surface area contributed by atoms with E-state index in [1.807, 2.05) is 48.1 Å². The Labute approximate surface area is 146 Å². The van der Waals surface area contributed by atoms with Gasteiger partial charge in [0.05, 0.1) is 0 Å². The maximum absolute atomic E-state index is 12.9. The zero-order valence-electron chi connectivity index (χ0n) is 14.3. The van der Waals surface area contributed by atoms with E-state index < -0.39 is 12.1 Å². The molecule has 1 aliphatic heterocycles. The van der Waals surface area contributed by atoms with Crippen LogP contribution in [0.3, 0.4) is 0 Å². The van der Waals surface area contributed by atoms with Gasteiger partial charge < -0.3 is 20.5 Å². The number of carbonyl (C=O) groups excluding carboxylic acids is 2. The number of imidazole rings is 1. The van der Waals surface area contributed by atoms with Crippen LogP contribution >= 0.6 is 0 Å². The maximum atomic E-state index is 12.9. The number of hydrogen-bond acceptors (Lipinski definition) is 3. The summed E-state index contributed by atoms with van der Waals surface area (Å²) in [5.41, 5.74) is 6.25. The van der Waals surface area contributed by atoms with Crippen molar-refractivity contribution in [3.63, 3.8) is 0 Å². The quantitative estimate of drug-likeness (QED) is 0.850. The number of primary amides is 1. The molecule has 132 valence electrons. The van der Waals surface area contributed by atoms with E-state index in [-0.39, 0.29) is 11.8 Å². The van der Waals surface area contributed by atoms with Gasteiger partial charge in [-0.1, -0.05) is 30.3 Å². The minimum atomic E-state index is -0.686. The zero-order valence-corrected chi connectivity index (χ0v) is 14.3. The number of nitrogens with zero attached hydrogens (tertiary/aromatic N) is 3. The first-order valence-corrected chi connectivity index (χ1v) is 8.40. The predicted molar refractivity (Wildman–Crippen MR) is 93.8 cm³/mol. The lowest BCUT2D eigenvalue weighted by atomic mass is 10.0. The van der Waals surface area contributed by atoms with Crippen molar-refractivity contribution in [2.45, 2.75) is 24.8 Å². The number of aromatic nitrogens is 2. The molecular formula is C18H23N5O2. The van der Waals surface area contributed by atoms with Gasteiger partial charge in [-0.25, -0.2) is 9.78 Å². The SMILES string of the molecule is Cn1ccnc1C1CCN(C(=O)C(Cc2ccccc2)NC(N)=O)C1. The molecule has 1 saturated heterocycles. The first-order valence-electron chi connectivity index (χ1n) is 8.40. The smallest absolute Gasteiger partial charge is 0.312 e. The Bertz CT molecular complexity index is 743. The van der Waals surface area contributed by atoms with E-state index >= 15 is 0 Å². The van der Waals surface area contributed by atoms with Gasteiger partial charge in [0.2, 0.25) is 5.91 Å². The highest BCUT2D eigenvalue weighted by atomic mass is 16.2. The van der Waals surface area contributed by atoms with Gasteiger partial charge in [0.15, 0.2) is 0 Å². The molecular weight excluding hydrogens is 318 g/mol. The van der Waals surface area contributed by atoms with Crippen LogP contribution < -0.4 is 11.1 Å². The van der Waals surface area contributed by atoms with Crippen molar-refractivity contribution in [2.75, 3.05) is 13.1 Å². The standard InChI is InChI=1S/C18H23N5O2/c1-22-10-8-20-16(22)14-7-9-23(12-14)17(24)15(21-18(19)25)11-13-5-3-2-4-6-13/h2-6,8,10,14-15H,7,9,11-12H2,1H3,(H3,19,21,25). The number of amides is 3. The second-order valence-corrected chi connectivity index (χ2v) is 6.42. The molecule has 7 nitrogen and oxygen atoms in total. The number of urea groups is 1. The van der Waals surface area contributed by atoms with Crippen molar-refractivity contribution < 1.29 is 9.59 Å². The van der Waals surface area contributed by atoms with E-state index in [4.69, 9.17) is 5.73 Å². The molecule has 1 aromatic carbocycles. The molecule has 3 N–H and O–H groups in total. The Morgan fingerprint density at radius 1 is 1.36 bits per heavy atom. The summed E-state index contributed by atoms with van der Waals surface area (Å²) in [5, 5.41) is 2.59. The van der Waals surface area contributed by atoms with E-state index in [2.05, 4.69) is 10.3 Å². The van der Waals surface area contributed by atoms with Crippen molar-refractivity contribution in [1.29, 1.82) is 0 Å². The first kappa shape index (κ1) is 17.0. The molecule has 2 heterocycles. The molecule has 1 fully saturated rings. The molecule has 7 heteroatoms. The van der Waals surface area contributed by atoms with Gasteiger partial charge >= 0.3 is 6.03 Å². The molecule has 0 radical (unpaired) electrons. The number of aryl methyl sites for hydroxylation is 1. The number of carbonyl (C=O) groups is 2. The maximum Gasteiger partial charge on any atom is 0.312 e. The Morgan fingerprint density at radius 2 is 2.12 bits per heavy atom. The van der Waals surface area contributed by atoms with E-state index in [1.54, 1.807) is 11.1 Å². The highest BCUT2D eigenvalue weighted by Crippen LogP contribution is 2.26. The second-order valence-electron chi connectivity index (χ2n) is 6.42. The fourth-order valence-corrected chi connectivity index (χ4v) is 3.38. The van der Waals surface area contributed by atoms with Gasteiger partial charge in [0.1, 0.15) is 11.9 Å². The summed E-state index contributed by atoms with van der Waals surface area (Å²) in [4.78, 5) is 30.4.